The zero-order valence-corrected chi connectivity index (χ0v) is 12.7. The van der Waals surface area contributed by atoms with E-state index in [0.29, 0.717) is 12.3 Å². The SMILES string of the molecule is CC(C)CNCC(Cc1ccncc1F)c1ccccc1. The second-order valence-electron chi connectivity index (χ2n) is 5.83. The lowest BCUT2D eigenvalue weighted by Gasteiger charge is -2.19. The van der Waals surface area contributed by atoms with Gasteiger partial charge in [-0.3, -0.25) is 4.98 Å². The molecular formula is C18H23FN2. The largest absolute Gasteiger partial charge is 0.316 e. The minimum absolute atomic E-state index is 0.220. The first-order chi connectivity index (χ1) is 10.2. The highest BCUT2D eigenvalue weighted by Gasteiger charge is 2.14. The summed E-state index contributed by atoms with van der Waals surface area (Å²) < 4.78 is 13.8. The molecule has 1 atom stereocenters. The topological polar surface area (TPSA) is 24.9 Å². The molecule has 2 aromatic rings. The number of hydrogen-bond donors (Lipinski definition) is 1. The van der Waals surface area contributed by atoms with Gasteiger partial charge in [0.15, 0.2) is 0 Å². The number of halogens is 1. The van der Waals surface area contributed by atoms with Gasteiger partial charge in [-0.2, -0.15) is 0 Å². The lowest BCUT2D eigenvalue weighted by atomic mass is 9.92. The van der Waals surface area contributed by atoms with Gasteiger partial charge in [0, 0.05) is 18.7 Å². The van der Waals surface area contributed by atoms with Gasteiger partial charge in [0.25, 0.3) is 0 Å². The van der Waals surface area contributed by atoms with Crippen LogP contribution in [0.15, 0.2) is 48.8 Å². The molecule has 1 unspecified atom stereocenters. The van der Waals surface area contributed by atoms with E-state index in [4.69, 9.17) is 0 Å². The van der Waals surface area contributed by atoms with Crippen LogP contribution in [0.1, 0.15) is 30.9 Å². The van der Waals surface area contributed by atoms with E-state index < -0.39 is 0 Å². The Morgan fingerprint density at radius 2 is 1.86 bits per heavy atom. The second-order valence-corrected chi connectivity index (χ2v) is 5.83. The smallest absolute Gasteiger partial charge is 0.144 e. The van der Waals surface area contributed by atoms with Gasteiger partial charge in [0.05, 0.1) is 6.20 Å². The Kier molecular flexibility index (Phi) is 5.88. The van der Waals surface area contributed by atoms with Crippen molar-refractivity contribution in [2.45, 2.75) is 26.2 Å². The van der Waals surface area contributed by atoms with Crippen LogP contribution in [-0.4, -0.2) is 18.1 Å². The number of nitrogens with one attached hydrogen (secondary N) is 1. The molecular weight excluding hydrogens is 263 g/mol. The third-order valence-corrected chi connectivity index (χ3v) is 3.54. The summed E-state index contributed by atoms with van der Waals surface area (Å²) in [6, 6.07) is 12.1. The molecule has 3 heteroatoms. The molecule has 1 aromatic heterocycles. The number of hydrogen-bond acceptors (Lipinski definition) is 2. The predicted octanol–water partition coefficient (Wildman–Crippen LogP) is 3.79. The summed E-state index contributed by atoms with van der Waals surface area (Å²) in [5, 5.41) is 3.49. The Hall–Kier alpha value is -1.74. The van der Waals surface area contributed by atoms with Crippen molar-refractivity contribution in [3.8, 4) is 0 Å². The van der Waals surface area contributed by atoms with Crippen LogP contribution in [0.4, 0.5) is 4.39 Å². The molecule has 0 aliphatic carbocycles. The van der Waals surface area contributed by atoms with Crippen molar-refractivity contribution >= 4 is 0 Å². The first-order valence-corrected chi connectivity index (χ1v) is 7.51. The summed E-state index contributed by atoms with van der Waals surface area (Å²) in [5.41, 5.74) is 1.97. The van der Waals surface area contributed by atoms with Crippen molar-refractivity contribution in [3.05, 3.63) is 65.7 Å². The van der Waals surface area contributed by atoms with Gasteiger partial charge >= 0.3 is 0 Å². The Labute approximate surface area is 126 Å². The first-order valence-electron chi connectivity index (χ1n) is 7.51. The van der Waals surface area contributed by atoms with E-state index in [1.807, 2.05) is 18.2 Å². The molecule has 0 bridgehead atoms. The fraction of sp³-hybridized carbons (Fsp3) is 0.389. The quantitative estimate of drug-likeness (QED) is 0.837. The van der Waals surface area contributed by atoms with Gasteiger partial charge in [0.1, 0.15) is 5.82 Å². The molecule has 2 rings (SSSR count). The summed E-state index contributed by atoms with van der Waals surface area (Å²) in [4.78, 5) is 3.82. The zero-order chi connectivity index (χ0) is 15.1. The van der Waals surface area contributed by atoms with Gasteiger partial charge in [-0.1, -0.05) is 44.2 Å². The average molecular weight is 286 g/mol. The fourth-order valence-corrected chi connectivity index (χ4v) is 2.41. The highest BCUT2D eigenvalue weighted by atomic mass is 19.1. The van der Waals surface area contributed by atoms with E-state index in [-0.39, 0.29) is 11.7 Å². The van der Waals surface area contributed by atoms with E-state index in [0.717, 1.165) is 18.7 Å². The van der Waals surface area contributed by atoms with Crippen LogP contribution in [0, 0.1) is 11.7 Å². The molecule has 2 nitrogen and oxygen atoms in total. The van der Waals surface area contributed by atoms with Crippen LogP contribution in [0.3, 0.4) is 0 Å². The van der Waals surface area contributed by atoms with Crippen LogP contribution in [0.5, 0.6) is 0 Å². The van der Waals surface area contributed by atoms with Gasteiger partial charge in [-0.15, -0.1) is 0 Å². The van der Waals surface area contributed by atoms with Gasteiger partial charge in [-0.05, 0) is 36.1 Å². The van der Waals surface area contributed by atoms with Crippen molar-refractivity contribution in [2.24, 2.45) is 5.92 Å². The molecule has 0 fully saturated rings. The number of benzene rings is 1. The van der Waals surface area contributed by atoms with E-state index in [2.05, 4.69) is 36.3 Å². The Morgan fingerprint density at radius 1 is 1.10 bits per heavy atom. The van der Waals surface area contributed by atoms with Gasteiger partial charge in [-0.25, -0.2) is 4.39 Å². The molecule has 0 saturated heterocycles. The summed E-state index contributed by atoms with van der Waals surface area (Å²) >= 11 is 0. The molecule has 0 amide bonds. The Bertz CT molecular complexity index is 540. The number of rotatable bonds is 7. The molecule has 1 N–H and O–H groups in total. The monoisotopic (exact) mass is 286 g/mol. The maximum atomic E-state index is 13.8. The summed E-state index contributed by atoms with van der Waals surface area (Å²) in [6.45, 7) is 6.20. The Morgan fingerprint density at radius 3 is 2.52 bits per heavy atom. The van der Waals surface area contributed by atoms with Crippen LogP contribution >= 0.6 is 0 Å². The second kappa shape index (κ2) is 7.89. The maximum Gasteiger partial charge on any atom is 0.144 e. The van der Waals surface area contributed by atoms with E-state index in [1.54, 1.807) is 12.3 Å². The van der Waals surface area contributed by atoms with Gasteiger partial charge < -0.3 is 5.32 Å². The number of aromatic nitrogens is 1. The van der Waals surface area contributed by atoms with E-state index in [9.17, 15) is 4.39 Å². The van der Waals surface area contributed by atoms with Crippen LogP contribution < -0.4 is 5.32 Å². The molecule has 0 radical (unpaired) electrons. The standard InChI is InChI=1S/C18H23FN2/c1-14(2)11-21-12-17(15-6-4-3-5-7-15)10-16-8-9-20-13-18(16)19/h3-9,13-14,17,21H,10-12H2,1-2H3. The zero-order valence-electron chi connectivity index (χ0n) is 12.7. The van der Waals surface area contributed by atoms with Crippen molar-refractivity contribution in [2.75, 3.05) is 13.1 Å². The highest BCUT2D eigenvalue weighted by Crippen LogP contribution is 2.21. The molecule has 21 heavy (non-hydrogen) atoms. The average Bonchev–Trinajstić information content (AvgIpc) is 2.49. The minimum atomic E-state index is -0.220. The van der Waals surface area contributed by atoms with Crippen LogP contribution in [0.25, 0.3) is 0 Å². The highest BCUT2D eigenvalue weighted by molar-refractivity contribution is 5.24. The normalized spacial score (nSPS) is 12.6. The summed E-state index contributed by atoms with van der Waals surface area (Å²) in [5.74, 6) is 0.656. The Balaban J connectivity index is 2.10. The van der Waals surface area contributed by atoms with E-state index in [1.165, 1.54) is 11.8 Å². The third kappa shape index (κ3) is 4.94. The van der Waals surface area contributed by atoms with Crippen molar-refractivity contribution in [1.82, 2.24) is 10.3 Å². The third-order valence-electron chi connectivity index (χ3n) is 3.54. The molecule has 0 aliphatic heterocycles. The van der Waals surface area contributed by atoms with Gasteiger partial charge in [0.2, 0.25) is 0 Å². The summed E-state index contributed by atoms with van der Waals surface area (Å²) in [6.07, 6.45) is 3.63. The fourth-order valence-electron chi connectivity index (χ4n) is 2.41. The van der Waals surface area contributed by atoms with Crippen LogP contribution in [0.2, 0.25) is 0 Å². The molecule has 0 spiro atoms. The number of pyridine rings is 1. The predicted molar refractivity (Wildman–Crippen MR) is 84.8 cm³/mol. The van der Waals surface area contributed by atoms with Crippen molar-refractivity contribution in [1.29, 1.82) is 0 Å². The molecule has 1 aromatic carbocycles. The number of nitrogens with zero attached hydrogens (tertiary/aromatic N) is 1. The molecule has 0 saturated carbocycles. The lowest BCUT2D eigenvalue weighted by Crippen LogP contribution is -2.26. The van der Waals surface area contributed by atoms with E-state index >= 15 is 0 Å². The maximum absolute atomic E-state index is 13.8. The lowest BCUT2D eigenvalue weighted by molar-refractivity contribution is 0.507. The van der Waals surface area contributed by atoms with Crippen LogP contribution in [-0.2, 0) is 6.42 Å². The molecule has 112 valence electrons. The van der Waals surface area contributed by atoms with Crippen molar-refractivity contribution in [3.63, 3.8) is 0 Å². The van der Waals surface area contributed by atoms with Crippen molar-refractivity contribution < 1.29 is 4.39 Å². The summed E-state index contributed by atoms with van der Waals surface area (Å²) in [7, 11) is 0. The molecule has 1 heterocycles. The molecule has 0 aliphatic rings. The minimum Gasteiger partial charge on any atom is -0.316 e. The first kappa shape index (κ1) is 15.6.